The van der Waals surface area contributed by atoms with E-state index in [0.29, 0.717) is 11.7 Å². The summed E-state index contributed by atoms with van der Waals surface area (Å²) in [6.45, 7) is 7.46. The molecule has 1 aromatic rings. The predicted octanol–water partition coefficient (Wildman–Crippen LogP) is 0.919. The largest absolute Gasteiger partial charge is 0.379 e. The Kier molecular flexibility index (Phi) is 4.78. The van der Waals surface area contributed by atoms with Crippen LogP contribution in [-0.2, 0) is 18.2 Å². The number of nitrogens with zero attached hydrogens (tertiary/aromatic N) is 4. The van der Waals surface area contributed by atoms with Crippen LogP contribution in [0.1, 0.15) is 35.9 Å². The van der Waals surface area contributed by atoms with Gasteiger partial charge >= 0.3 is 0 Å². The van der Waals surface area contributed by atoms with Gasteiger partial charge in [-0.05, 0) is 25.3 Å². The van der Waals surface area contributed by atoms with Gasteiger partial charge < -0.3 is 9.64 Å². The van der Waals surface area contributed by atoms with Crippen molar-refractivity contribution in [3.05, 3.63) is 17.5 Å². The van der Waals surface area contributed by atoms with Gasteiger partial charge in [-0.15, -0.1) is 0 Å². The van der Waals surface area contributed by atoms with Crippen LogP contribution in [0.5, 0.6) is 0 Å². The highest BCUT2D eigenvalue weighted by atomic mass is 16.5. The average Bonchev–Trinajstić information content (AvgIpc) is 3.14. The summed E-state index contributed by atoms with van der Waals surface area (Å²) in [6.07, 6.45) is 3.05. The second-order valence-corrected chi connectivity index (χ2v) is 6.21. The van der Waals surface area contributed by atoms with Gasteiger partial charge in [-0.2, -0.15) is 5.10 Å². The molecule has 2 saturated heterocycles. The van der Waals surface area contributed by atoms with Gasteiger partial charge in [0.1, 0.15) is 5.69 Å². The molecule has 2 aliphatic heterocycles. The molecule has 6 heteroatoms. The van der Waals surface area contributed by atoms with Gasteiger partial charge in [-0.1, -0.05) is 6.92 Å². The Morgan fingerprint density at radius 1 is 1.36 bits per heavy atom. The lowest BCUT2D eigenvalue weighted by Gasteiger charge is -2.32. The van der Waals surface area contributed by atoms with Crippen LogP contribution >= 0.6 is 0 Å². The van der Waals surface area contributed by atoms with Crippen molar-refractivity contribution in [2.75, 3.05) is 39.4 Å². The van der Waals surface area contributed by atoms with Crippen molar-refractivity contribution in [2.24, 2.45) is 7.05 Å². The molecule has 3 rings (SSSR count). The fourth-order valence-electron chi connectivity index (χ4n) is 3.42. The highest BCUT2D eigenvalue weighted by Gasteiger charge is 2.32. The van der Waals surface area contributed by atoms with Gasteiger partial charge in [-0.3, -0.25) is 14.4 Å². The maximum atomic E-state index is 12.9. The quantitative estimate of drug-likeness (QED) is 0.830. The van der Waals surface area contributed by atoms with Crippen molar-refractivity contribution in [3.8, 4) is 0 Å². The van der Waals surface area contributed by atoms with Crippen LogP contribution in [0.25, 0.3) is 0 Å². The van der Waals surface area contributed by atoms with Gasteiger partial charge in [0.2, 0.25) is 0 Å². The fourth-order valence-corrected chi connectivity index (χ4v) is 3.42. The molecular formula is C16H26N4O2. The summed E-state index contributed by atoms with van der Waals surface area (Å²) in [5, 5.41) is 4.40. The van der Waals surface area contributed by atoms with Crippen LogP contribution in [0.3, 0.4) is 0 Å². The maximum absolute atomic E-state index is 12.9. The van der Waals surface area contributed by atoms with E-state index in [-0.39, 0.29) is 5.91 Å². The molecule has 22 heavy (non-hydrogen) atoms. The van der Waals surface area contributed by atoms with Crippen LogP contribution in [0.4, 0.5) is 0 Å². The third-order valence-electron chi connectivity index (χ3n) is 4.72. The van der Waals surface area contributed by atoms with E-state index in [2.05, 4.69) is 16.9 Å². The zero-order chi connectivity index (χ0) is 15.5. The Morgan fingerprint density at radius 3 is 2.82 bits per heavy atom. The lowest BCUT2D eigenvalue weighted by atomic mass is 10.2. The summed E-state index contributed by atoms with van der Waals surface area (Å²) in [5.74, 6) is 0.130. The fraction of sp³-hybridized carbons (Fsp3) is 0.750. The minimum Gasteiger partial charge on any atom is -0.379 e. The van der Waals surface area contributed by atoms with Gasteiger partial charge in [0, 0.05) is 39.3 Å². The molecule has 2 fully saturated rings. The smallest absolute Gasteiger partial charge is 0.272 e. The van der Waals surface area contributed by atoms with Crippen molar-refractivity contribution in [1.29, 1.82) is 0 Å². The molecule has 0 N–H and O–H groups in total. The van der Waals surface area contributed by atoms with E-state index in [1.807, 2.05) is 18.0 Å². The Morgan fingerprint density at radius 2 is 2.14 bits per heavy atom. The number of morpholine rings is 1. The number of likely N-dealkylation sites (tertiary alicyclic amines) is 1. The standard InChI is InChI=1S/C16H26N4O2/c1-3-13-11-15(18(2)17-13)16(21)20-6-4-5-14(20)12-19-7-9-22-10-8-19/h11,14H,3-10,12H2,1-2H3. The number of carbonyl (C=O) groups is 1. The molecule has 0 saturated carbocycles. The van der Waals surface area contributed by atoms with Gasteiger partial charge in [-0.25, -0.2) is 0 Å². The third kappa shape index (κ3) is 3.17. The van der Waals surface area contributed by atoms with Crippen LogP contribution < -0.4 is 0 Å². The maximum Gasteiger partial charge on any atom is 0.272 e. The normalized spacial score (nSPS) is 23.2. The van der Waals surface area contributed by atoms with E-state index in [1.54, 1.807) is 4.68 Å². The van der Waals surface area contributed by atoms with Crippen molar-refractivity contribution in [2.45, 2.75) is 32.2 Å². The molecule has 0 aromatic carbocycles. The molecule has 1 amide bonds. The zero-order valence-electron chi connectivity index (χ0n) is 13.6. The molecule has 1 aromatic heterocycles. The number of hydrogen-bond acceptors (Lipinski definition) is 4. The van der Waals surface area contributed by atoms with Crippen LogP contribution in [0.15, 0.2) is 6.07 Å². The highest BCUT2D eigenvalue weighted by Crippen LogP contribution is 2.21. The number of aromatic nitrogens is 2. The number of ether oxygens (including phenoxy) is 1. The van der Waals surface area contributed by atoms with Crippen molar-refractivity contribution < 1.29 is 9.53 Å². The SMILES string of the molecule is CCc1cc(C(=O)N2CCCC2CN2CCOCC2)n(C)n1. The van der Waals surface area contributed by atoms with Gasteiger partial charge in [0.15, 0.2) is 0 Å². The molecule has 1 unspecified atom stereocenters. The van der Waals surface area contributed by atoms with Crippen LogP contribution in [0, 0.1) is 0 Å². The molecular weight excluding hydrogens is 280 g/mol. The highest BCUT2D eigenvalue weighted by molar-refractivity contribution is 5.93. The second-order valence-electron chi connectivity index (χ2n) is 6.21. The molecule has 0 bridgehead atoms. The van der Waals surface area contributed by atoms with E-state index < -0.39 is 0 Å². The number of rotatable bonds is 4. The minimum absolute atomic E-state index is 0.130. The average molecular weight is 306 g/mol. The number of amides is 1. The zero-order valence-corrected chi connectivity index (χ0v) is 13.6. The number of carbonyl (C=O) groups excluding carboxylic acids is 1. The van der Waals surface area contributed by atoms with E-state index in [1.165, 1.54) is 0 Å². The first-order valence-corrected chi connectivity index (χ1v) is 8.33. The summed E-state index contributed by atoms with van der Waals surface area (Å²) in [6, 6.07) is 2.26. The summed E-state index contributed by atoms with van der Waals surface area (Å²) in [4.78, 5) is 17.3. The van der Waals surface area contributed by atoms with Gasteiger partial charge in [0.05, 0.1) is 18.9 Å². The van der Waals surface area contributed by atoms with Crippen LogP contribution in [-0.4, -0.2) is 70.9 Å². The molecule has 3 heterocycles. The molecule has 0 radical (unpaired) electrons. The molecule has 122 valence electrons. The molecule has 2 aliphatic rings. The summed E-state index contributed by atoms with van der Waals surface area (Å²) in [7, 11) is 1.86. The summed E-state index contributed by atoms with van der Waals surface area (Å²) >= 11 is 0. The van der Waals surface area contributed by atoms with E-state index in [4.69, 9.17) is 4.74 Å². The Labute approximate surface area is 132 Å². The molecule has 0 spiro atoms. The third-order valence-corrected chi connectivity index (χ3v) is 4.72. The van der Waals surface area contributed by atoms with E-state index in [0.717, 1.165) is 64.3 Å². The molecule has 6 nitrogen and oxygen atoms in total. The molecule has 0 aliphatic carbocycles. The lowest BCUT2D eigenvalue weighted by molar-refractivity contribution is 0.0260. The van der Waals surface area contributed by atoms with Crippen molar-refractivity contribution in [1.82, 2.24) is 19.6 Å². The minimum atomic E-state index is 0.130. The van der Waals surface area contributed by atoms with Crippen molar-refractivity contribution >= 4 is 5.91 Å². The Balaban J connectivity index is 1.68. The Hall–Kier alpha value is -1.40. The van der Waals surface area contributed by atoms with Crippen LogP contribution in [0.2, 0.25) is 0 Å². The summed E-state index contributed by atoms with van der Waals surface area (Å²) < 4.78 is 7.13. The predicted molar refractivity (Wildman–Crippen MR) is 83.9 cm³/mol. The number of hydrogen-bond donors (Lipinski definition) is 0. The van der Waals surface area contributed by atoms with E-state index >= 15 is 0 Å². The summed E-state index contributed by atoms with van der Waals surface area (Å²) in [5.41, 5.74) is 1.69. The molecule has 1 atom stereocenters. The monoisotopic (exact) mass is 306 g/mol. The van der Waals surface area contributed by atoms with E-state index in [9.17, 15) is 4.79 Å². The van der Waals surface area contributed by atoms with Crippen molar-refractivity contribution in [3.63, 3.8) is 0 Å². The second kappa shape index (κ2) is 6.79. The number of aryl methyl sites for hydroxylation is 2. The Bertz CT molecular complexity index is 522. The first-order valence-electron chi connectivity index (χ1n) is 8.33. The van der Waals surface area contributed by atoms with Gasteiger partial charge in [0.25, 0.3) is 5.91 Å². The lowest BCUT2D eigenvalue weighted by Crippen LogP contribution is -2.47. The first-order chi connectivity index (χ1) is 10.7. The topological polar surface area (TPSA) is 50.6 Å². The first kappa shape index (κ1) is 15.5.